The Bertz CT molecular complexity index is 134. The number of hydrogen-bond donors (Lipinski definition) is 3. The molecule has 10 heavy (non-hydrogen) atoms. The Balaban J connectivity index is 0. The molecule has 1 heterocycles. The van der Waals surface area contributed by atoms with Gasteiger partial charge in [-0.15, -0.1) is 0 Å². The summed E-state index contributed by atoms with van der Waals surface area (Å²) >= 11 is 0. The Kier molecular flexibility index (Phi) is 2.50. The van der Waals surface area contributed by atoms with Crippen molar-refractivity contribution in [3.63, 3.8) is 0 Å². The van der Waals surface area contributed by atoms with Crippen molar-refractivity contribution in [2.45, 2.75) is 18.9 Å². The first kappa shape index (κ1) is 7.34. The third-order valence-electron chi connectivity index (χ3n) is 1.66. The third kappa shape index (κ3) is 1.60. The van der Waals surface area contributed by atoms with Gasteiger partial charge in [-0.05, 0) is 19.4 Å². The van der Waals surface area contributed by atoms with Gasteiger partial charge in [-0.1, -0.05) is 0 Å². The van der Waals surface area contributed by atoms with Crippen molar-refractivity contribution >= 4 is 5.84 Å². The van der Waals surface area contributed by atoms with Crippen LogP contribution in [0.15, 0.2) is 5.10 Å². The number of rotatable bonds is 2. The largest absolute Gasteiger partial charge is 0.384 e. The van der Waals surface area contributed by atoms with E-state index in [0.717, 1.165) is 13.0 Å². The second kappa shape index (κ2) is 3.41. The van der Waals surface area contributed by atoms with Crippen LogP contribution in [0.25, 0.3) is 0 Å². The molecule has 62 valence electrons. The zero-order chi connectivity index (χ0) is 7.40. The van der Waals surface area contributed by atoms with E-state index >= 15 is 0 Å². The summed E-state index contributed by atoms with van der Waals surface area (Å²) in [5.74, 6) is 0.667. The summed E-state index contributed by atoms with van der Waals surface area (Å²) in [6, 6.07) is 0.299. The molecule has 1 rings (SSSR count). The molecular weight excluding hydrogens is 128 g/mol. The molecule has 0 bridgehead atoms. The Labute approximate surface area is 63.8 Å². The molecule has 1 atom stereocenters. The highest BCUT2D eigenvalue weighted by Gasteiger charge is 2.16. The smallest absolute Gasteiger partial charge is 0.136 e. The molecular formula is C6H18N4. The van der Waals surface area contributed by atoms with Crippen molar-refractivity contribution in [2.24, 2.45) is 10.8 Å². The number of nitrogens with one attached hydrogen (secondary N) is 2. The van der Waals surface area contributed by atoms with Crippen molar-refractivity contribution in [3.8, 4) is 0 Å². The van der Waals surface area contributed by atoms with Gasteiger partial charge in [0.25, 0.3) is 0 Å². The topological polar surface area (TPSA) is 62.4 Å². The molecule has 4 heteroatoms. The minimum atomic E-state index is 0. The molecule has 0 amide bonds. The van der Waals surface area contributed by atoms with Crippen molar-refractivity contribution in [1.29, 1.82) is 0 Å². The second-order valence-corrected chi connectivity index (χ2v) is 2.41. The molecule has 1 aliphatic heterocycles. The lowest BCUT2D eigenvalue weighted by atomic mass is 10.2. The molecule has 1 saturated heterocycles. The average molecular weight is 146 g/mol. The van der Waals surface area contributed by atoms with Crippen LogP contribution in [0.3, 0.4) is 0 Å². The molecule has 0 unspecified atom stereocenters. The number of nitrogens with two attached hydrogens (primary N) is 1. The lowest BCUT2D eigenvalue weighted by Crippen LogP contribution is -2.37. The molecule has 0 radical (unpaired) electrons. The maximum absolute atomic E-state index is 5.61. The maximum atomic E-state index is 5.61. The van der Waals surface area contributed by atoms with Gasteiger partial charge >= 0.3 is 0 Å². The fraction of sp³-hybridized carbons (Fsp3) is 0.833. The van der Waals surface area contributed by atoms with E-state index in [-0.39, 0.29) is 2.85 Å². The van der Waals surface area contributed by atoms with Gasteiger partial charge in [-0.2, -0.15) is 5.10 Å². The van der Waals surface area contributed by atoms with Crippen LogP contribution in [0.5, 0.6) is 0 Å². The van der Waals surface area contributed by atoms with Gasteiger partial charge in [0.2, 0.25) is 0 Å². The van der Waals surface area contributed by atoms with Crippen LogP contribution < -0.4 is 16.5 Å². The van der Waals surface area contributed by atoms with E-state index < -0.39 is 0 Å². The fourth-order valence-corrected chi connectivity index (χ4v) is 1.14. The molecule has 0 aromatic rings. The van der Waals surface area contributed by atoms with Gasteiger partial charge in [0.15, 0.2) is 0 Å². The maximum Gasteiger partial charge on any atom is 0.136 e. The van der Waals surface area contributed by atoms with Crippen LogP contribution in [0, 0.1) is 0 Å². The van der Waals surface area contributed by atoms with Crippen LogP contribution >= 0.6 is 0 Å². The van der Waals surface area contributed by atoms with E-state index in [1.54, 1.807) is 7.05 Å². The molecule has 1 fully saturated rings. The average Bonchev–Trinajstić information content (AvgIpc) is 2.38. The monoisotopic (exact) mass is 146 g/mol. The first-order chi connectivity index (χ1) is 4.84. The number of nitrogens with zero attached hydrogens (tertiary/aromatic N) is 1. The van der Waals surface area contributed by atoms with E-state index in [1.165, 1.54) is 6.42 Å². The summed E-state index contributed by atoms with van der Waals surface area (Å²) in [7, 11) is 1.75. The first-order valence-electron chi connectivity index (χ1n) is 3.58. The van der Waals surface area contributed by atoms with Crippen LogP contribution in [0.2, 0.25) is 0 Å². The Morgan fingerprint density at radius 2 is 2.70 bits per heavy atom. The highest BCUT2D eigenvalue weighted by Crippen LogP contribution is 2.03. The van der Waals surface area contributed by atoms with E-state index in [4.69, 9.17) is 5.73 Å². The van der Waals surface area contributed by atoms with Crippen LogP contribution in [-0.2, 0) is 0 Å². The number of amidine groups is 1. The highest BCUT2D eigenvalue weighted by molar-refractivity contribution is 5.85. The summed E-state index contributed by atoms with van der Waals surface area (Å²) in [6.07, 6.45) is 2.31. The summed E-state index contributed by atoms with van der Waals surface area (Å²) < 4.78 is 0. The summed E-state index contributed by atoms with van der Waals surface area (Å²) in [5.41, 5.74) is 8.28. The predicted octanol–water partition coefficient (Wildman–Crippen LogP) is -0.278. The SMILES string of the molecule is CN/N=C(\N)[C@@H]1CCCN1.[HH].[HH]. The van der Waals surface area contributed by atoms with E-state index in [2.05, 4.69) is 15.8 Å². The van der Waals surface area contributed by atoms with Crippen molar-refractivity contribution < 1.29 is 2.85 Å². The Morgan fingerprint density at radius 1 is 1.90 bits per heavy atom. The zero-order valence-electron chi connectivity index (χ0n) is 6.22. The van der Waals surface area contributed by atoms with E-state index in [9.17, 15) is 0 Å². The quantitative estimate of drug-likeness (QED) is 0.285. The number of hydrogen-bond acceptors (Lipinski definition) is 3. The van der Waals surface area contributed by atoms with Gasteiger partial charge in [0.1, 0.15) is 5.84 Å². The molecule has 0 saturated carbocycles. The molecule has 4 nitrogen and oxygen atoms in total. The number of hydrazone groups is 1. The fourth-order valence-electron chi connectivity index (χ4n) is 1.14. The molecule has 4 N–H and O–H groups in total. The first-order valence-corrected chi connectivity index (χ1v) is 3.58. The minimum absolute atomic E-state index is 0. The zero-order valence-corrected chi connectivity index (χ0v) is 6.22. The van der Waals surface area contributed by atoms with Gasteiger partial charge < -0.3 is 16.5 Å². The van der Waals surface area contributed by atoms with Crippen molar-refractivity contribution in [3.05, 3.63) is 0 Å². The van der Waals surface area contributed by atoms with Crippen molar-refractivity contribution in [1.82, 2.24) is 10.7 Å². The minimum Gasteiger partial charge on any atom is -0.384 e. The van der Waals surface area contributed by atoms with Crippen molar-refractivity contribution in [2.75, 3.05) is 13.6 Å². The summed E-state index contributed by atoms with van der Waals surface area (Å²) in [5, 5.41) is 7.13. The third-order valence-corrected chi connectivity index (χ3v) is 1.66. The van der Waals surface area contributed by atoms with Crippen LogP contribution in [0.1, 0.15) is 15.7 Å². The normalized spacial score (nSPS) is 26.9. The van der Waals surface area contributed by atoms with Crippen LogP contribution in [0.4, 0.5) is 0 Å². The van der Waals surface area contributed by atoms with E-state index in [0.29, 0.717) is 11.9 Å². The van der Waals surface area contributed by atoms with Gasteiger partial charge in [-0.25, -0.2) is 0 Å². The Morgan fingerprint density at radius 3 is 3.20 bits per heavy atom. The van der Waals surface area contributed by atoms with E-state index in [1.807, 2.05) is 0 Å². The van der Waals surface area contributed by atoms with Gasteiger partial charge in [-0.3, -0.25) is 0 Å². The highest BCUT2D eigenvalue weighted by atomic mass is 15.3. The summed E-state index contributed by atoms with van der Waals surface area (Å²) in [6.45, 7) is 1.06. The molecule has 1 aliphatic rings. The molecule has 0 aromatic heterocycles. The molecule has 0 spiro atoms. The van der Waals surface area contributed by atoms with Gasteiger partial charge in [0, 0.05) is 9.90 Å². The lowest BCUT2D eigenvalue weighted by molar-refractivity contribution is 0.740. The predicted molar refractivity (Wildman–Crippen MR) is 45.9 cm³/mol. The Hall–Kier alpha value is -0.770. The standard InChI is InChI=1S/C6H14N4.2H2/c1-8-10-6(7)5-3-2-4-9-5;;/h5,8-9H,2-4H2,1H3,(H2,7,10);2*1H/t5-;;/m0../s1. The lowest BCUT2D eigenvalue weighted by Gasteiger charge is -2.07. The molecule has 0 aromatic carbocycles. The second-order valence-electron chi connectivity index (χ2n) is 2.41. The van der Waals surface area contributed by atoms with Crippen LogP contribution in [-0.4, -0.2) is 25.5 Å². The van der Waals surface area contributed by atoms with Gasteiger partial charge in [0.05, 0.1) is 6.04 Å². The summed E-state index contributed by atoms with van der Waals surface area (Å²) in [4.78, 5) is 0. The molecule has 0 aliphatic carbocycles.